The van der Waals surface area contributed by atoms with Crippen LogP contribution < -0.4 is 0 Å². The number of aryl methyl sites for hydroxylation is 1. The summed E-state index contributed by atoms with van der Waals surface area (Å²) in [7, 11) is 0. The van der Waals surface area contributed by atoms with Gasteiger partial charge in [0.15, 0.2) is 0 Å². The van der Waals surface area contributed by atoms with Crippen molar-refractivity contribution in [1.29, 1.82) is 0 Å². The van der Waals surface area contributed by atoms with Gasteiger partial charge in [0.2, 0.25) is 0 Å². The fraction of sp³-hybridized carbons (Fsp3) is 0.136. The van der Waals surface area contributed by atoms with Crippen molar-refractivity contribution >= 4 is 43.2 Å². The third-order valence-corrected chi connectivity index (χ3v) is 12.4. The van der Waals surface area contributed by atoms with Crippen LogP contribution in [0.3, 0.4) is 0 Å². The number of nitrogens with zero attached hydrogens (tertiary/aromatic N) is 1. The van der Waals surface area contributed by atoms with Crippen molar-refractivity contribution in [2.45, 2.75) is 51.9 Å². The van der Waals surface area contributed by atoms with Crippen LogP contribution in [0.2, 0.25) is 0 Å². The number of pyridine rings is 1. The van der Waals surface area contributed by atoms with E-state index in [1.54, 1.807) is 0 Å². The summed E-state index contributed by atoms with van der Waals surface area (Å²) in [6.07, 6.45) is 9.03. The number of rotatable bonds is 12. The zero-order chi connectivity index (χ0) is 40.3. The Balaban J connectivity index is 1.05. The Morgan fingerprint density at radius 2 is 0.883 bits per heavy atom. The molecule has 0 spiro atoms. The summed E-state index contributed by atoms with van der Waals surface area (Å²) in [5, 5.41) is 8.72. The van der Waals surface area contributed by atoms with Crippen LogP contribution in [0.1, 0.15) is 51.0 Å². The Labute approximate surface area is 354 Å². The van der Waals surface area contributed by atoms with E-state index in [1.807, 2.05) is 0 Å². The monoisotopic (exact) mass is 771 g/mol. The number of hydrogen-bond acceptors (Lipinski definition) is 1. The summed E-state index contributed by atoms with van der Waals surface area (Å²) in [5.41, 5.74) is 14.3. The Kier molecular flexibility index (Phi) is 10.5. The van der Waals surface area contributed by atoms with E-state index in [9.17, 15) is 0 Å². The molecule has 1 nitrogen and oxygen atoms in total. The van der Waals surface area contributed by atoms with Crippen LogP contribution in [0.5, 0.6) is 0 Å². The summed E-state index contributed by atoms with van der Waals surface area (Å²) in [6, 6.07) is 71.4. The van der Waals surface area contributed by atoms with E-state index in [0.29, 0.717) is 0 Å². The Morgan fingerprint density at radius 1 is 0.350 bits per heavy atom. The van der Waals surface area contributed by atoms with Gasteiger partial charge in [0.25, 0.3) is 0 Å². The quantitative estimate of drug-likeness (QED) is 0.0890. The molecule has 0 fully saturated rings. The summed E-state index contributed by atoms with van der Waals surface area (Å²) < 4.78 is 0. The molecule has 1 heteroatoms. The van der Waals surface area contributed by atoms with E-state index < -0.39 is 0 Å². The van der Waals surface area contributed by atoms with Gasteiger partial charge in [-0.25, -0.2) is 4.98 Å². The first-order chi connectivity index (χ1) is 29.7. The number of fused-ring (bicyclic) bond motifs is 4. The number of para-hydroxylation sites is 1. The summed E-state index contributed by atoms with van der Waals surface area (Å²) in [6.45, 7) is 2.28. The average molecular weight is 772 g/mol. The van der Waals surface area contributed by atoms with E-state index in [0.717, 1.165) is 39.7 Å². The zero-order valence-corrected chi connectivity index (χ0v) is 34.4. The van der Waals surface area contributed by atoms with Crippen molar-refractivity contribution in [3.05, 3.63) is 200 Å². The zero-order valence-electron chi connectivity index (χ0n) is 34.4. The van der Waals surface area contributed by atoms with E-state index in [2.05, 4.69) is 201 Å². The van der Waals surface area contributed by atoms with Gasteiger partial charge < -0.3 is 0 Å². The highest BCUT2D eigenvalue weighted by Crippen LogP contribution is 2.45. The summed E-state index contributed by atoms with van der Waals surface area (Å²) in [5.74, 6) is 0. The van der Waals surface area contributed by atoms with Gasteiger partial charge in [-0.1, -0.05) is 221 Å². The first kappa shape index (κ1) is 37.4. The molecule has 0 bridgehead atoms. The van der Waals surface area contributed by atoms with Crippen molar-refractivity contribution in [2.75, 3.05) is 0 Å². The fourth-order valence-electron chi connectivity index (χ4n) is 9.35. The van der Waals surface area contributed by atoms with E-state index in [-0.39, 0.29) is 0 Å². The predicted octanol–water partition coefficient (Wildman–Crippen LogP) is 16.9. The highest BCUT2D eigenvalue weighted by Gasteiger charge is 2.18. The molecule has 0 aliphatic heterocycles. The topological polar surface area (TPSA) is 12.9 Å². The second kappa shape index (κ2) is 16.8. The van der Waals surface area contributed by atoms with E-state index in [1.165, 1.54) is 110 Å². The molecule has 0 saturated carbocycles. The Hall–Kier alpha value is -6.83. The molecular formula is C59H49N. The van der Waals surface area contributed by atoms with Gasteiger partial charge in [0.1, 0.15) is 0 Å². The SMILES string of the molecule is CCCCCCCCc1ccc(-c2cc(-c3ccccc3)c3cccc(-c4ccc(-c5c6ccccc6c(-c6ccc7ccccc7c6)c6ccccc56)cc4)c3n2)cc1. The number of unbranched alkanes of at least 4 members (excludes halogenated alkanes) is 5. The van der Waals surface area contributed by atoms with Crippen molar-refractivity contribution in [1.82, 2.24) is 4.98 Å². The lowest BCUT2D eigenvalue weighted by Gasteiger charge is -2.18. The molecule has 290 valence electrons. The molecule has 60 heavy (non-hydrogen) atoms. The lowest BCUT2D eigenvalue weighted by Crippen LogP contribution is -1.94. The molecule has 0 unspecified atom stereocenters. The molecule has 0 aliphatic carbocycles. The fourth-order valence-corrected chi connectivity index (χ4v) is 9.35. The molecule has 10 rings (SSSR count). The second-order valence-corrected chi connectivity index (χ2v) is 16.3. The molecule has 0 aliphatic rings. The minimum absolute atomic E-state index is 1.00. The third-order valence-electron chi connectivity index (χ3n) is 12.4. The largest absolute Gasteiger partial charge is 0.247 e. The van der Waals surface area contributed by atoms with Gasteiger partial charge in [-0.15, -0.1) is 0 Å². The molecule has 10 aromatic rings. The number of aromatic nitrogens is 1. The highest BCUT2D eigenvalue weighted by molar-refractivity contribution is 6.21. The van der Waals surface area contributed by atoms with Crippen molar-refractivity contribution in [2.24, 2.45) is 0 Å². The highest BCUT2D eigenvalue weighted by atomic mass is 14.7. The first-order valence-corrected chi connectivity index (χ1v) is 21.9. The lowest BCUT2D eigenvalue weighted by atomic mass is 9.85. The molecule has 0 atom stereocenters. The van der Waals surface area contributed by atoms with Gasteiger partial charge in [-0.2, -0.15) is 0 Å². The molecule has 1 heterocycles. The van der Waals surface area contributed by atoms with Crippen LogP contribution in [-0.4, -0.2) is 4.98 Å². The van der Waals surface area contributed by atoms with Gasteiger partial charge in [0, 0.05) is 16.5 Å². The van der Waals surface area contributed by atoms with Crippen LogP contribution in [-0.2, 0) is 6.42 Å². The average Bonchev–Trinajstić information content (AvgIpc) is 3.31. The van der Waals surface area contributed by atoms with Crippen LogP contribution in [0.15, 0.2) is 194 Å². The molecular weight excluding hydrogens is 723 g/mol. The smallest absolute Gasteiger partial charge is 0.0794 e. The summed E-state index contributed by atoms with van der Waals surface area (Å²) in [4.78, 5) is 5.46. The molecule has 0 radical (unpaired) electrons. The molecule has 0 N–H and O–H groups in total. The molecule has 9 aromatic carbocycles. The Bertz CT molecular complexity index is 3050. The van der Waals surface area contributed by atoms with Gasteiger partial charge in [-0.05, 0) is 102 Å². The first-order valence-electron chi connectivity index (χ1n) is 21.9. The van der Waals surface area contributed by atoms with E-state index >= 15 is 0 Å². The minimum Gasteiger partial charge on any atom is -0.247 e. The van der Waals surface area contributed by atoms with Crippen LogP contribution in [0, 0.1) is 0 Å². The molecule has 0 amide bonds. The van der Waals surface area contributed by atoms with Crippen molar-refractivity contribution < 1.29 is 0 Å². The number of hydrogen-bond donors (Lipinski definition) is 0. The van der Waals surface area contributed by atoms with Gasteiger partial charge in [-0.3, -0.25) is 0 Å². The van der Waals surface area contributed by atoms with Crippen molar-refractivity contribution in [3.63, 3.8) is 0 Å². The lowest BCUT2D eigenvalue weighted by molar-refractivity contribution is 0.607. The second-order valence-electron chi connectivity index (χ2n) is 16.3. The maximum atomic E-state index is 5.46. The van der Waals surface area contributed by atoms with Crippen LogP contribution in [0.4, 0.5) is 0 Å². The van der Waals surface area contributed by atoms with E-state index in [4.69, 9.17) is 4.98 Å². The van der Waals surface area contributed by atoms with Crippen molar-refractivity contribution in [3.8, 4) is 55.8 Å². The number of benzene rings is 9. The normalized spacial score (nSPS) is 11.6. The van der Waals surface area contributed by atoms with Crippen LogP contribution in [0.25, 0.3) is 99.0 Å². The standard InChI is InChI=1S/C59H49N/c1-2-3-4-5-6-8-18-41-29-31-45(32-30-41)56-40-55(43-20-9-7-10-21-43)54-28-17-27-49(59(54)60-56)44-34-36-46(37-35-44)57-50-23-13-15-25-52(50)58(53-26-16-14-24-51(53)57)48-38-33-42-19-11-12-22-47(42)39-48/h7,9-17,19-40H,2-6,8,18H2,1H3. The molecule has 0 saturated heterocycles. The van der Waals surface area contributed by atoms with Crippen LogP contribution >= 0.6 is 0 Å². The maximum absolute atomic E-state index is 5.46. The Morgan fingerprint density at radius 3 is 1.58 bits per heavy atom. The summed E-state index contributed by atoms with van der Waals surface area (Å²) >= 11 is 0. The predicted molar refractivity (Wildman–Crippen MR) is 259 cm³/mol. The van der Waals surface area contributed by atoms with Gasteiger partial charge in [0.05, 0.1) is 11.2 Å². The molecule has 1 aromatic heterocycles. The maximum Gasteiger partial charge on any atom is 0.0794 e. The third kappa shape index (κ3) is 7.26. The van der Waals surface area contributed by atoms with Gasteiger partial charge >= 0.3 is 0 Å². The minimum atomic E-state index is 1.00.